The lowest BCUT2D eigenvalue weighted by molar-refractivity contribution is 0.0840. The van der Waals surface area contributed by atoms with Crippen molar-refractivity contribution in [2.75, 3.05) is 23.3 Å². The Hall–Kier alpha value is -4.79. The summed E-state index contributed by atoms with van der Waals surface area (Å²) in [6.45, 7) is 7.92. The van der Waals surface area contributed by atoms with Crippen LogP contribution in [-0.2, 0) is 6.54 Å². The maximum atomic E-state index is 13.7. The average molecular weight is 551 g/mol. The standard InChI is InChI=1S/C32H31FN6O2/c1-4-37-31(41)27-30(39-19-26(20(2)3)35-32(37)39)38(18-21-8-6-5-7-9-21)28(36-27)22-10-12-23(13-11-22)29(40)34-25-16-14-24(33)15-17-25/h5-17,20,26H,4,18-19H2,1-3H3,(H,34,40)/t26-/m0/s1. The summed E-state index contributed by atoms with van der Waals surface area (Å²) >= 11 is 0. The normalized spacial score (nSPS) is 16.1. The summed E-state index contributed by atoms with van der Waals surface area (Å²) in [5.74, 6) is 1.56. The highest BCUT2D eigenvalue weighted by molar-refractivity contribution is 6.18. The minimum absolute atomic E-state index is 0.0697. The summed E-state index contributed by atoms with van der Waals surface area (Å²) in [6, 6.07) is 22.9. The van der Waals surface area contributed by atoms with Gasteiger partial charge in [0.15, 0.2) is 5.69 Å². The summed E-state index contributed by atoms with van der Waals surface area (Å²) in [7, 11) is 0. The van der Waals surface area contributed by atoms with Gasteiger partial charge in [0.05, 0.1) is 19.1 Å². The Labute approximate surface area is 238 Å². The number of halogens is 1. The molecule has 0 spiro atoms. The number of imidazole rings is 1. The van der Waals surface area contributed by atoms with Crippen molar-refractivity contribution in [2.24, 2.45) is 10.9 Å². The van der Waals surface area contributed by atoms with E-state index >= 15 is 0 Å². The SMILES string of the molecule is CCN1C(=O)c2nc(-c3ccc(C(=O)Nc4ccc(F)cc4)cc3)n(Cc3ccccc3)c2N2C[C@@H](C(C)C)N=C12. The number of aromatic nitrogens is 2. The number of nitrogens with one attached hydrogen (secondary N) is 1. The monoisotopic (exact) mass is 550 g/mol. The van der Waals surface area contributed by atoms with Gasteiger partial charge in [0.25, 0.3) is 11.8 Å². The zero-order valence-electron chi connectivity index (χ0n) is 23.2. The van der Waals surface area contributed by atoms with Crippen molar-refractivity contribution in [1.29, 1.82) is 0 Å². The molecule has 9 heteroatoms. The van der Waals surface area contributed by atoms with E-state index < -0.39 is 0 Å². The first-order valence-electron chi connectivity index (χ1n) is 13.8. The quantitative estimate of drug-likeness (QED) is 0.322. The van der Waals surface area contributed by atoms with Crippen LogP contribution < -0.4 is 10.2 Å². The zero-order chi connectivity index (χ0) is 28.7. The van der Waals surface area contributed by atoms with Crippen molar-refractivity contribution >= 4 is 29.3 Å². The molecule has 0 aliphatic carbocycles. The van der Waals surface area contributed by atoms with Crippen molar-refractivity contribution in [1.82, 2.24) is 14.5 Å². The van der Waals surface area contributed by atoms with Gasteiger partial charge in [-0.3, -0.25) is 19.4 Å². The van der Waals surface area contributed by atoms with Crippen molar-refractivity contribution in [3.8, 4) is 11.4 Å². The van der Waals surface area contributed by atoms with Crippen molar-refractivity contribution < 1.29 is 14.0 Å². The van der Waals surface area contributed by atoms with Crippen LogP contribution >= 0.6 is 0 Å². The predicted molar refractivity (Wildman–Crippen MR) is 158 cm³/mol. The molecule has 0 fully saturated rings. The van der Waals surface area contributed by atoms with Gasteiger partial charge in [-0.25, -0.2) is 14.4 Å². The molecule has 1 N–H and O–H groups in total. The molecule has 3 heterocycles. The molecule has 1 aromatic heterocycles. The number of carbonyl (C=O) groups is 2. The van der Waals surface area contributed by atoms with Gasteiger partial charge in [-0.2, -0.15) is 0 Å². The highest BCUT2D eigenvalue weighted by Crippen LogP contribution is 2.37. The second kappa shape index (κ2) is 10.6. The van der Waals surface area contributed by atoms with Crippen LogP contribution in [0.15, 0.2) is 83.9 Å². The molecule has 2 aliphatic rings. The van der Waals surface area contributed by atoms with E-state index in [1.807, 2.05) is 37.3 Å². The molecule has 1 atom stereocenters. The summed E-state index contributed by atoms with van der Waals surface area (Å²) in [5, 5.41) is 2.79. The Morgan fingerprint density at radius 2 is 1.73 bits per heavy atom. The lowest BCUT2D eigenvalue weighted by atomic mass is 10.1. The summed E-state index contributed by atoms with van der Waals surface area (Å²) in [4.78, 5) is 40.3. The van der Waals surface area contributed by atoms with Crippen LogP contribution in [0.3, 0.4) is 0 Å². The molecule has 2 aliphatic heterocycles. The van der Waals surface area contributed by atoms with Crippen molar-refractivity contribution in [2.45, 2.75) is 33.4 Å². The second-order valence-corrected chi connectivity index (χ2v) is 10.6. The number of anilines is 2. The van der Waals surface area contributed by atoms with Crippen molar-refractivity contribution in [3.05, 3.63) is 102 Å². The summed E-state index contributed by atoms with van der Waals surface area (Å²) in [6.07, 6.45) is 0. The van der Waals surface area contributed by atoms with Crippen LogP contribution in [0.2, 0.25) is 0 Å². The van der Waals surface area contributed by atoms with Crippen LogP contribution in [0.25, 0.3) is 11.4 Å². The molecule has 3 aromatic carbocycles. The van der Waals surface area contributed by atoms with E-state index in [0.717, 1.165) is 16.9 Å². The minimum Gasteiger partial charge on any atom is -0.322 e. The molecule has 0 bridgehead atoms. The fourth-order valence-electron chi connectivity index (χ4n) is 5.29. The number of rotatable bonds is 7. The molecule has 8 nitrogen and oxygen atoms in total. The van der Waals surface area contributed by atoms with Gasteiger partial charge in [-0.05, 0) is 54.8 Å². The van der Waals surface area contributed by atoms with Gasteiger partial charge in [0.2, 0.25) is 5.96 Å². The van der Waals surface area contributed by atoms with Crippen molar-refractivity contribution in [3.63, 3.8) is 0 Å². The van der Waals surface area contributed by atoms with Gasteiger partial charge >= 0.3 is 0 Å². The topological polar surface area (TPSA) is 82.8 Å². The molecular weight excluding hydrogens is 519 g/mol. The first-order valence-corrected chi connectivity index (χ1v) is 13.8. The first kappa shape index (κ1) is 26.4. The Kier molecular flexibility index (Phi) is 6.86. The van der Waals surface area contributed by atoms with Gasteiger partial charge in [-0.15, -0.1) is 0 Å². The first-order chi connectivity index (χ1) is 19.8. The summed E-state index contributed by atoms with van der Waals surface area (Å²) < 4.78 is 15.3. The minimum atomic E-state index is -0.367. The van der Waals surface area contributed by atoms with Crippen LogP contribution in [-0.4, -0.2) is 51.4 Å². The fraction of sp³-hybridized carbons (Fsp3) is 0.250. The maximum Gasteiger partial charge on any atom is 0.283 e. The van der Waals surface area contributed by atoms with Gasteiger partial charge in [-0.1, -0.05) is 56.3 Å². The van der Waals surface area contributed by atoms with E-state index in [-0.39, 0.29) is 23.7 Å². The van der Waals surface area contributed by atoms with E-state index in [2.05, 4.69) is 40.8 Å². The summed E-state index contributed by atoms with van der Waals surface area (Å²) in [5.41, 5.74) is 3.22. The molecule has 0 saturated carbocycles. The number of hydrogen-bond donors (Lipinski definition) is 1. The number of guanidine groups is 1. The smallest absolute Gasteiger partial charge is 0.283 e. The third kappa shape index (κ3) is 4.88. The lowest BCUT2D eigenvalue weighted by Gasteiger charge is -2.33. The largest absolute Gasteiger partial charge is 0.322 e. The van der Waals surface area contributed by atoms with E-state index in [0.29, 0.717) is 54.3 Å². The number of amides is 2. The average Bonchev–Trinajstić information content (AvgIpc) is 3.58. The Morgan fingerprint density at radius 3 is 2.39 bits per heavy atom. The van der Waals surface area contributed by atoms with Crippen LogP contribution in [0.1, 0.15) is 47.2 Å². The Balaban J connectivity index is 1.40. The van der Waals surface area contributed by atoms with E-state index in [4.69, 9.17) is 9.98 Å². The van der Waals surface area contributed by atoms with E-state index in [9.17, 15) is 14.0 Å². The van der Waals surface area contributed by atoms with Gasteiger partial charge in [0, 0.05) is 23.4 Å². The molecule has 0 saturated heterocycles. The van der Waals surface area contributed by atoms with E-state index in [1.54, 1.807) is 17.0 Å². The van der Waals surface area contributed by atoms with E-state index in [1.165, 1.54) is 24.3 Å². The highest BCUT2D eigenvalue weighted by atomic mass is 19.1. The van der Waals surface area contributed by atoms with Crippen LogP contribution in [0.4, 0.5) is 15.9 Å². The number of aliphatic imine (C=N–C) groups is 1. The molecule has 4 aromatic rings. The molecule has 2 amide bonds. The fourth-order valence-corrected chi connectivity index (χ4v) is 5.29. The van der Waals surface area contributed by atoms with Crippen LogP contribution in [0.5, 0.6) is 0 Å². The van der Waals surface area contributed by atoms with Gasteiger partial charge in [0.1, 0.15) is 17.5 Å². The molecular formula is C32H31FN6O2. The zero-order valence-corrected chi connectivity index (χ0v) is 23.2. The number of carbonyl (C=O) groups excluding carboxylic acids is 2. The number of benzene rings is 3. The third-order valence-electron chi connectivity index (χ3n) is 7.55. The Bertz CT molecular complexity index is 1630. The predicted octanol–water partition coefficient (Wildman–Crippen LogP) is 5.67. The maximum absolute atomic E-state index is 13.7. The third-order valence-corrected chi connectivity index (χ3v) is 7.55. The lowest BCUT2D eigenvalue weighted by Crippen LogP contribution is -2.50. The highest BCUT2D eigenvalue weighted by Gasteiger charge is 2.44. The molecule has 0 radical (unpaired) electrons. The van der Waals surface area contributed by atoms with Crippen LogP contribution in [0, 0.1) is 11.7 Å². The molecule has 0 unspecified atom stereocenters. The second-order valence-electron chi connectivity index (χ2n) is 10.6. The number of nitrogens with zero attached hydrogens (tertiary/aromatic N) is 5. The number of hydrogen-bond acceptors (Lipinski definition) is 5. The molecule has 6 rings (SSSR count). The molecule has 208 valence electrons. The number of fused-ring (bicyclic) bond motifs is 3. The van der Waals surface area contributed by atoms with Gasteiger partial charge < -0.3 is 9.88 Å². The Morgan fingerprint density at radius 1 is 1.02 bits per heavy atom. The molecule has 41 heavy (non-hydrogen) atoms.